The van der Waals surface area contributed by atoms with E-state index in [4.69, 9.17) is 4.74 Å². The first-order valence-electron chi connectivity index (χ1n) is 9.42. The Morgan fingerprint density at radius 3 is 2.46 bits per heavy atom. The molecular formula is C20H32N3O3+. The van der Waals surface area contributed by atoms with Crippen LogP contribution in [0.1, 0.15) is 25.8 Å². The lowest BCUT2D eigenvalue weighted by Gasteiger charge is -2.34. The van der Waals surface area contributed by atoms with Gasteiger partial charge >= 0.3 is 5.97 Å². The number of benzene rings is 1. The van der Waals surface area contributed by atoms with Crippen LogP contribution in [0.3, 0.4) is 0 Å². The van der Waals surface area contributed by atoms with Crippen molar-refractivity contribution >= 4 is 17.6 Å². The van der Waals surface area contributed by atoms with E-state index >= 15 is 0 Å². The third kappa shape index (κ3) is 5.73. The van der Waals surface area contributed by atoms with Gasteiger partial charge in [0, 0.05) is 5.69 Å². The molecule has 1 atom stereocenters. The molecule has 1 aliphatic heterocycles. The average molecular weight is 362 g/mol. The number of carbonyl (C=O) groups is 2. The van der Waals surface area contributed by atoms with Crippen LogP contribution < -0.4 is 15.1 Å². The Bertz CT molecular complexity index is 610. The number of nitrogens with zero attached hydrogens (tertiary/aromatic N) is 1. The van der Waals surface area contributed by atoms with Gasteiger partial charge in [0.25, 0.3) is 5.91 Å². The SMILES string of the molecule is COC(=O)[C@H](CC(C)C)NC(=O)C[NH+]1CCN(c2ccccc2C)CC1. The van der Waals surface area contributed by atoms with E-state index in [9.17, 15) is 9.59 Å². The summed E-state index contributed by atoms with van der Waals surface area (Å²) in [4.78, 5) is 27.9. The minimum absolute atomic E-state index is 0.0830. The monoisotopic (exact) mass is 362 g/mol. The Balaban J connectivity index is 1.83. The van der Waals surface area contributed by atoms with Crippen molar-refractivity contribution in [2.75, 3.05) is 44.7 Å². The largest absolute Gasteiger partial charge is 0.467 e. The molecule has 0 bridgehead atoms. The number of rotatable bonds is 7. The summed E-state index contributed by atoms with van der Waals surface area (Å²) in [5, 5.41) is 2.85. The van der Waals surface area contributed by atoms with Crippen molar-refractivity contribution in [3.05, 3.63) is 29.8 Å². The molecular weight excluding hydrogens is 330 g/mol. The van der Waals surface area contributed by atoms with Crippen LogP contribution in [-0.2, 0) is 14.3 Å². The van der Waals surface area contributed by atoms with E-state index in [0.29, 0.717) is 18.9 Å². The van der Waals surface area contributed by atoms with E-state index in [-0.39, 0.29) is 11.9 Å². The summed E-state index contributed by atoms with van der Waals surface area (Å²) in [5.41, 5.74) is 2.56. The normalized spacial score (nSPS) is 16.4. The topological polar surface area (TPSA) is 63.1 Å². The van der Waals surface area contributed by atoms with Crippen LogP contribution in [0.25, 0.3) is 0 Å². The van der Waals surface area contributed by atoms with Gasteiger partial charge in [0.1, 0.15) is 6.04 Å². The Labute approximate surface area is 156 Å². The predicted molar refractivity (Wildman–Crippen MR) is 102 cm³/mol. The number of ether oxygens (including phenoxy) is 1. The Kier molecular flexibility index (Phi) is 7.45. The molecule has 1 aromatic carbocycles. The zero-order chi connectivity index (χ0) is 19.1. The Morgan fingerprint density at radius 1 is 1.23 bits per heavy atom. The number of aryl methyl sites for hydroxylation is 1. The summed E-state index contributed by atoms with van der Waals surface area (Å²) in [6.07, 6.45) is 0.592. The first-order chi connectivity index (χ1) is 12.4. The fourth-order valence-electron chi connectivity index (χ4n) is 3.46. The number of carbonyl (C=O) groups excluding carboxylic acids is 2. The Morgan fingerprint density at radius 2 is 1.88 bits per heavy atom. The van der Waals surface area contributed by atoms with Crippen LogP contribution in [0.2, 0.25) is 0 Å². The number of amides is 1. The number of anilines is 1. The first-order valence-corrected chi connectivity index (χ1v) is 9.42. The summed E-state index contributed by atoms with van der Waals surface area (Å²) in [6.45, 7) is 10.3. The summed E-state index contributed by atoms with van der Waals surface area (Å²) < 4.78 is 4.81. The highest BCUT2D eigenvalue weighted by Crippen LogP contribution is 2.18. The molecule has 0 spiro atoms. The second kappa shape index (κ2) is 9.57. The van der Waals surface area contributed by atoms with Crippen LogP contribution in [0.15, 0.2) is 24.3 Å². The second-order valence-electron chi connectivity index (χ2n) is 7.47. The number of esters is 1. The molecule has 2 N–H and O–H groups in total. The molecule has 26 heavy (non-hydrogen) atoms. The van der Waals surface area contributed by atoms with Crippen LogP contribution in [-0.4, -0.2) is 57.8 Å². The molecule has 6 nitrogen and oxygen atoms in total. The molecule has 6 heteroatoms. The number of quaternary nitrogens is 1. The fraction of sp³-hybridized carbons (Fsp3) is 0.600. The number of hydrogen-bond donors (Lipinski definition) is 2. The number of nitrogens with one attached hydrogen (secondary N) is 2. The molecule has 1 heterocycles. The van der Waals surface area contributed by atoms with Crippen molar-refractivity contribution in [3.63, 3.8) is 0 Å². The molecule has 1 amide bonds. The number of methoxy groups -OCH3 is 1. The molecule has 0 saturated carbocycles. The average Bonchev–Trinajstić information content (AvgIpc) is 2.61. The van der Waals surface area contributed by atoms with Gasteiger partial charge < -0.3 is 19.9 Å². The van der Waals surface area contributed by atoms with E-state index in [1.54, 1.807) is 0 Å². The molecule has 0 radical (unpaired) electrons. The lowest BCUT2D eigenvalue weighted by molar-refractivity contribution is -0.892. The third-order valence-electron chi connectivity index (χ3n) is 4.87. The summed E-state index contributed by atoms with van der Waals surface area (Å²) in [5.74, 6) is -0.142. The van der Waals surface area contributed by atoms with Crippen LogP contribution in [0, 0.1) is 12.8 Å². The minimum atomic E-state index is -0.555. The maximum Gasteiger partial charge on any atom is 0.328 e. The van der Waals surface area contributed by atoms with Gasteiger partial charge in [-0.3, -0.25) is 4.79 Å². The first kappa shape index (κ1) is 20.2. The third-order valence-corrected chi connectivity index (χ3v) is 4.87. The zero-order valence-electron chi connectivity index (χ0n) is 16.4. The van der Waals surface area contributed by atoms with Crippen molar-refractivity contribution in [1.29, 1.82) is 0 Å². The second-order valence-corrected chi connectivity index (χ2v) is 7.47. The van der Waals surface area contributed by atoms with E-state index in [1.165, 1.54) is 23.3 Å². The number of para-hydroxylation sites is 1. The van der Waals surface area contributed by atoms with Crippen LogP contribution in [0.4, 0.5) is 5.69 Å². The highest BCUT2D eigenvalue weighted by atomic mass is 16.5. The van der Waals surface area contributed by atoms with Gasteiger partial charge in [-0.1, -0.05) is 32.0 Å². The van der Waals surface area contributed by atoms with Gasteiger partial charge in [-0.05, 0) is 30.9 Å². The summed E-state index contributed by atoms with van der Waals surface area (Å²) in [6, 6.07) is 7.85. The van der Waals surface area contributed by atoms with Gasteiger partial charge in [-0.2, -0.15) is 0 Å². The number of piperazine rings is 1. The highest BCUT2D eigenvalue weighted by Gasteiger charge is 2.27. The van der Waals surface area contributed by atoms with Gasteiger partial charge in [-0.15, -0.1) is 0 Å². The quantitative estimate of drug-likeness (QED) is 0.690. The lowest BCUT2D eigenvalue weighted by Crippen LogP contribution is -3.16. The van der Waals surface area contributed by atoms with Crippen molar-refractivity contribution in [2.24, 2.45) is 5.92 Å². The van der Waals surface area contributed by atoms with E-state index in [1.807, 2.05) is 13.8 Å². The van der Waals surface area contributed by atoms with E-state index in [2.05, 4.69) is 41.4 Å². The zero-order valence-corrected chi connectivity index (χ0v) is 16.4. The van der Waals surface area contributed by atoms with Crippen molar-refractivity contribution < 1.29 is 19.2 Å². The molecule has 1 aliphatic rings. The predicted octanol–water partition coefficient (Wildman–Crippen LogP) is 0.404. The van der Waals surface area contributed by atoms with E-state index in [0.717, 1.165) is 26.2 Å². The van der Waals surface area contributed by atoms with Crippen molar-refractivity contribution in [1.82, 2.24) is 5.32 Å². The van der Waals surface area contributed by atoms with Gasteiger partial charge in [0.2, 0.25) is 0 Å². The molecule has 1 fully saturated rings. The molecule has 0 unspecified atom stereocenters. The lowest BCUT2D eigenvalue weighted by atomic mass is 10.0. The van der Waals surface area contributed by atoms with Crippen molar-refractivity contribution in [2.45, 2.75) is 33.2 Å². The molecule has 1 aromatic rings. The minimum Gasteiger partial charge on any atom is -0.467 e. The maximum absolute atomic E-state index is 12.4. The van der Waals surface area contributed by atoms with Crippen LogP contribution >= 0.6 is 0 Å². The molecule has 1 saturated heterocycles. The van der Waals surface area contributed by atoms with Crippen LogP contribution in [0.5, 0.6) is 0 Å². The van der Waals surface area contributed by atoms with Gasteiger partial charge in [0.15, 0.2) is 6.54 Å². The van der Waals surface area contributed by atoms with Crippen molar-refractivity contribution in [3.8, 4) is 0 Å². The smallest absolute Gasteiger partial charge is 0.328 e. The van der Waals surface area contributed by atoms with Gasteiger partial charge in [0.05, 0.1) is 33.3 Å². The van der Waals surface area contributed by atoms with E-state index < -0.39 is 6.04 Å². The number of hydrogen-bond acceptors (Lipinski definition) is 4. The Hall–Kier alpha value is -2.08. The molecule has 0 aliphatic carbocycles. The fourth-order valence-corrected chi connectivity index (χ4v) is 3.46. The van der Waals surface area contributed by atoms with Gasteiger partial charge in [-0.25, -0.2) is 4.79 Å². The standard InChI is InChI=1S/C20H31N3O3/c1-15(2)13-17(20(25)26-4)21-19(24)14-22-9-11-23(12-10-22)18-8-6-5-7-16(18)3/h5-8,15,17H,9-14H2,1-4H3,(H,21,24)/p+1/t17-/m0/s1. The maximum atomic E-state index is 12.4. The molecule has 144 valence electrons. The summed E-state index contributed by atoms with van der Waals surface area (Å²) in [7, 11) is 1.36. The highest BCUT2D eigenvalue weighted by molar-refractivity contribution is 5.84. The summed E-state index contributed by atoms with van der Waals surface area (Å²) >= 11 is 0. The molecule has 2 rings (SSSR count). The molecule has 0 aromatic heterocycles.